The molecule has 0 atom stereocenters. The van der Waals surface area contributed by atoms with E-state index in [0.717, 1.165) is 33.1 Å². The van der Waals surface area contributed by atoms with E-state index in [4.69, 9.17) is 10.7 Å². The normalized spacial score (nSPS) is 11.4. The van der Waals surface area contributed by atoms with Gasteiger partial charge in [0.15, 0.2) is 5.82 Å². The van der Waals surface area contributed by atoms with Crippen molar-refractivity contribution in [2.75, 3.05) is 5.73 Å². The molecule has 0 unspecified atom stereocenters. The first-order valence-corrected chi connectivity index (χ1v) is 9.96. The number of nitrogen functional groups attached to an aromatic ring is 1. The molecule has 0 aliphatic carbocycles. The van der Waals surface area contributed by atoms with Crippen LogP contribution in [0.4, 0.5) is 10.1 Å². The van der Waals surface area contributed by atoms with Gasteiger partial charge in [-0.1, -0.05) is 6.07 Å². The maximum atomic E-state index is 13.4. The minimum absolute atomic E-state index is 0.294. The SMILES string of the molecule is Nc1cncc(-c2ccc3[nH]nc(-c4nc5c(-c6ccc(F)cc6)nccc5[nH]4)c3c2)c1. The van der Waals surface area contributed by atoms with Crippen LogP contribution in [0.15, 0.2) is 73.2 Å². The maximum Gasteiger partial charge on any atom is 0.159 e. The number of nitrogens with one attached hydrogen (secondary N) is 2. The largest absolute Gasteiger partial charge is 0.397 e. The first kappa shape index (κ1) is 18.2. The van der Waals surface area contributed by atoms with E-state index < -0.39 is 0 Å². The molecule has 4 N–H and O–H groups in total. The van der Waals surface area contributed by atoms with Crippen molar-refractivity contribution < 1.29 is 4.39 Å². The molecule has 8 heteroatoms. The minimum Gasteiger partial charge on any atom is -0.397 e. The van der Waals surface area contributed by atoms with Crippen LogP contribution >= 0.6 is 0 Å². The first-order chi connectivity index (χ1) is 15.7. The van der Waals surface area contributed by atoms with Gasteiger partial charge in [0.1, 0.15) is 17.0 Å². The van der Waals surface area contributed by atoms with E-state index in [-0.39, 0.29) is 5.82 Å². The average molecular weight is 421 g/mol. The van der Waals surface area contributed by atoms with Crippen LogP contribution < -0.4 is 5.73 Å². The smallest absolute Gasteiger partial charge is 0.159 e. The summed E-state index contributed by atoms with van der Waals surface area (Å²) < 4.78 is 13.4. The summed E-state index contributed by atoms with van der Waals surface area (Å²) in [4.78, 5) is 16.8. The average Bonchev–Trinajstić information content (AvgIpc) is 3.43. The number of H-pyrrole nitrogens is 2. The molecule has 7 nitrogen and oxygen atoms in total. The van der Waals surface area contributed by atoms with Crippen molar-refractivity contribution in [2.24, 2.45) is 0 Å². The Bertz CT molecular complexity index is 1600. The molecule has 2 aromatic carbocycles. The Morgan fingerprint density at radius 1 is 0.812 bits per heavy atom. The van der Waals surface area contributed by atoms with E-state index in [9.17, 15) is 4.39 Å². The second-order valence-electron chi connectivity index (χ2n) is 7.49. The fourth-order valence-electron chi connectivity index (χ4n) is 3.86. The lowest BCUT2D eigenvalue weighted by Gasteiger charge is -2.03. The number of pyridine rings is 2. The van der Waals surface area contributed by atoms with Crippen LogP contribution in [0, 0.1) is 5.82 Å². The van der Waals surface area contributed by atoms with E-state index in [1.54, 1.807) is 30.7 Å². The molecule has 4 aromatic heterocycles. The molecule has 0 radical (unpaired) electrons. The molecule has 6 rings (SSSR count). The molecule has 0 bridgehead atoms. The van der Waals surface area contributed by atoms with Gasteiger partial charge in [-0.3, -0.25) is 15.1 Å². The van der Waals surface area contributed by atoms with Crippen LogP contribution in [-0.2, 0) is 0 Å². The zero-order valence-corrected chi connectivity index (χ0v) is 16.7. The number of aromatic amines is 2. The second-order valence-corrected chi connectivity index (χ2v) is 7.49. The maximum absolute atomic E-state index is 13.4. The zero-order valence-electron chi connectivity index (χ0n) is 16.7. The van der Waals surface area contributed by atoms with Gasteiger partial charge in [-0.05, 0) is 54.1 Å². The molecular weight excluding hydrogens is 405 g/mol. The Hall–Kier alpha value is -4.59. The van der Waals surface area contributed by atoms with E-state index in [0.29, 0.717) is 28.4 Å². The van der Waals surface area contributed by atoms with Gasteiger partial charge in [0.2, 0.25) is 0 Å². The van der Waals surface area contributed by atoms with Gasteiger partial charge in [-0.2, -0.15) is 5.10 Å². The van der Waals surface area contributed by atoms with E-state index in [2.05, 4.69) is 25.1 Å². The summed E-state index contributed by atoms with van der Waals surface area (Å²) in [6.45, 7) is 0. The summed E-state index contributed by atoms with van der Waals surface area (Å²) in [6.07, 6.45) is 5.10. The van der Waals surface area contributed by atoms with E-state index in [1.807, 2.05) is 30.3 Å². The Morgan fingerprint density at radius 3 is 2.50 bits per heavy atom. The Morgan fingerprint density at radius 2 is 1.66 bits per heavy atom. The van der Waals surface area contributed by atoms with Crippen molar-refractivity contribution in [3.8, 4) is 33.9 Å². The minimum atomic E-state index is -0.294. The molecule has 0 fully saturated rings. The number of benzene rings is 2. The Labute approximate surface area is 181 Å². The highest BCUT2D eigenvalue weighted by molar-refractivity contribution is 5.97. The number of fused-ring (bicyclic) bond motifs is 2. The third kappa shape index (κ3) is 2.97. The van der Waals surface area contributed by atoms with Crippen LogP contribution in [0.2, 0.25) is 0 Å². The predicted octanol–water partition coefficient (Wildman–Crippen LogP) is 4.95. The van der Waals surface area contributed by atoms with Gasteiger partial charge >= 0.3 is 0 Å². The highest BCUT2D eigenvalue weighted by Gasteiger charge is 2.16. The van der Waals surface area contributed by atoms with Crippen LogP contribution in [0.25, 0.3) is 55.8 Å². The van der Waals surface area contributed by atoms with Gasteiger partial charge in [0.05, 0.1) is 22.4 Å². The number of nitrogens with two attached hydrogens (primary N) is 1. The molecule has 0 saturated heterocycles. The van der Waals surface area contributed by atoms with Crippen molar-refractivity contribution in [1.29, 1.82) is 0 Å². The summed E-state index contributed by atoms with van der Waals surface area (Å²) in [5, 5.41) is 8.48. The van der Waals surface area contributed by atoms with Gasteiger partial charge < -0.3 is 10.7 Å². The van der Waals surface area contributed by atoms with Crippen molar-refractivity contribution in [2.45, 2.75) is 0 Å². The lowest BCUT2D eigenvalue weighted by atomic mass is 10.0. The lowest BCUT2D eigenvalue weighted by molar-refractivity contribution is 0.628. The van der Waals surface area contributed by atoms with Crippen LogP contribution in [0.5, 0.6) is 0 Å². The van der Waals surface area contributed by atoms with Crippen molar-refractivity contribution in [3.05, 3.63) is 79.0 Å². The quantitative estimate of drug-likeness (QED) is 0.374. The topological polar surface area (TPSA) is 109 Å². The van der Waals surface area contributed by atoms with Gasteiger partial charge in [0.25, 0.3) is 0 Å². The number of imidazole rings is 1. The van der Waals surface area contributed by atoms with Gasteiger partial charge in [-0.15, -0.1) is 0 Å². The number of halogens is 1. The first-order valence-electron chi connectivity index (χ1n) is 9.96. The van der Waals surface area contributed by atoms with Crippen LogP contribution in [0.1, 0.15) is 0 Å². The van der Waals surface area contributed by atoms with E-state index >= 15 is 0 Å². The number of nitrogens with zero attached hydrogens (tertiary/aromatic N) is 4. The summed E-state index contributed by atoms with van der Waals surface area (Å²) in [5.41, 5.74) is 13.0. The summed E-state index contributed by atoms with van der Waals surface area (Å²) in [7, 11) is 0. The fraction of sp³-hybridized carbons (Fsp3) is 0. The number of anilines is 1. The molecule has 154 valence electrons. The fourth-order valence-corrected chi connectivity index (χ4v) is 3.86. The summed E-state index contributed by atoms with van der Waals surface area (Å²) in [6, 6.07) is 16.0. The Kier molecular flexibility index (Phi) is 3.97. The van der Waals surface area contributed by atoms with Gasteiger partial charge in [-0.25, -0.2) is 9.37 Å². The molecule has 0 spiro atoms. The third-order valence-corrected chi connectivity index (χ3v) is 5.40. The highest BCUT2D eigenvalue weighted by atomic mass is 19.1. The molecule has 0 saturated carbocycles. The standard InChI is InChI=1S/C24H16FN7/c25-16-4-1-13(2-5-16)21-23-20(7-8-28-21)29-24(30-23)22-18-10-14(3-6-19(18)31-32-22)15-9-17(26)12-27-11-15/h1-12H,26H2,(H,29,30)(H,31,32). The lowest BCUT2D eigenvalue weighted by Crippen LogP contribution is -1.88. The number of hydrogen-bond donors (Lipinski definition) is 3. The van der Waals surface area contributed by atoms with Crippen LogP contribution in [0.3, 0.4) is 0 Å². The third-order valence-electron chi connectivity index (χ3n) is 5.40. The zero-order chi connectivity index (χ0) is 21.7. The van der Waals surface area contributed by atoms with Crippen molar-refractivity contribution >= 4 is 27.6 Å². The summed E-state index contributed by atoms with van der Waals surface area (Å²) in [5.74, 6) is 0.322. The molecule has 0 aliphatic rings. The predicted molar refractivity (Wildman–Crippen MR) is 122 cm³/mol. The second kappa shape index (κ2) is 6.98. The molecule has 6 aromatic rings. The monoisotopic (exact) mass is 421 g/mol. The Balaban J connectivity index is 1.50. The highest BCUT2D eigenvalue weighted by Crippen LogP contribution is 2.32. The number of rotatable bonds is 3. The molecule has 0 amide bonds. The van der Waals surface area contributed by atoms with E-state index in [1.165, 1.54) is 12.1 Å². The van der Waals surface area contributed by atoms with Crippen molar-refractivity contribution in [3.63, 3.8) is 0 Å². The molecule has 0 aliphatic heterocycles. The molecule has 4 heterocycles. The van der Waals surface area contributed by atoms with Gasteiger partial charge in [0, 0.05) is 35.1 Å². The number of hydrogen-bond acceptors (Lipinski definition) is 5. The summed E-state index contributed by atoms with van der Waals surface area (Å²) >= 11 is 0. The molecule has 32 heavy (non-hydrogen) atoms. The molecular formula is C24H16FN7. The number of aromatic nitrogens is 6. The van der Waals surface area contributed by atoms with Crippen LogP contribution in [-0.4, -0.2) is 30.1 Å². The van der Waals surface area contributed by atoms with Crippen molar-refractivity contribution in [1.82, 2.24) is 30.1 Å².